The molecule has 30 heavy (non-hydrogen) atoms. The van der Waals surface area contributed by atoms with Gasteiger partial charge in [0.25, 0.3) is 0 Å². The molecule has 0 bridgehead atoms. The van der Waals surface area contributed by atoms with Crippen LogP contribution < -0.4 is 15.0 Å². The largest absolute Gasteiger partial charge is 0.475 e. The number of hydrogen-bond donors (Lipinski definition) is 2. The van der Waals surface area contributed by atoms with Gasteiger partial charge in [-0.25, -0.2) is 9.59 Å². The molecule has 1 unspecified atom stereocenters. The van der Waals surface area contributed by atoms with Gasteiger partial charge < -0.3 is 29.7 Å². The van der Waals surface area contributed by atoms with Crippen LogP contribution in [0.5, 0.6) is 5.88 Å². The Balaban J connectivity index is 1.29. The van der Waals surface area contributed by atoms with E-state index >= 15 is 0 Å². The summed E-state index contributed by atoms with van der Waals surface area (Å²) in [7, 11) is 0. The average molecular weight is 412 g/mol. The van der Waals surface area contributed by atoms with E-state index in [2.05, 4.69) is 10.3 Å². The zero-order chi connectivity index (χ0) is 20.9. The van der Waals surface area contributed by atoms with Gasteiger partial charge in [0, 0.05) is 38.2 Å². The smallest absolute Gasteiger partial charge is 0.407 e. The van der Waals surface area contributed by atoms with Crippen LogP contribution in [0.1, 0.15) is 11.1 Å². The number of aromatic nitrogens is 1. The van der Waals surface area contributed by atoms with Crippen LogP contribution in [0.4, 0.5) is 15.4 Å². The summed E-state index contributed by atoms with van der Waals surface area (Å²) in [4.78, 5) is 31.2. The number of nitrogens with one attached hydrogen (secondary N) is 1. The molecule has 2 N–H and O–H groups in total. The summed E-state index contributed by atoms with van der Waals surface area (Å²) >= 11 is 0. The third-order valence-electron chi connectivity index (χ3n) is 5.22. The van der Waals surface area contributed by atoms with Crippen LogP contribution >= 0.6 is 0 Å². The Labute approximate surface area is 174 Å². The molecule has 4 rings (SSSR count). The van der Waals surface area contributed by atoms with E-state index in [9.17, 15) is 9.59 Å². The normalized spacial score (nSPS) is 18.2. The van der Waals surface area contributed by atoms with Crippen molar-refractivity contribution in [2.45, 2.75) is 19.1 Å². The summed E-state index contributed by atoms with van der Waals surface area (Å²) in [6, 6.07) is 13.2. The average Bonchev–Trinajstić information content (AvgIpc) is 2.78. The molecule has 9 nitrogen and oxygen atoms in total. The lowest BCUT2D eigenvalue weighted by Gasteiger charge is -2.34. The molecule has 2 aliphatic heterocycles. The summed E-state index contributed by atoms with van der Waals surface area (Å²) in [6.07, 6.45) is -0.760. The van der Waals surface area contributed by atoms with Crippen molar-refractivity contribution in [2.75, 3.05) is 37.7 Å². The summed E-state index contributed by atoms with van der Waals surface area (Å²) in [5, 5.41) is 11.9. The lowest BCUT2D eigenvalue weighted by Crippen LogP contribution is -2.48. The summed E-state index contributed by atoms with van der Waals surface area (Å²) in [6.45, 7) is 2.62. The van der Waals surface area contributed by atoms with Crippen molar-refractivity contribution in [3.8, 4) is 5.88 Å². The quantitative estimate of drug-likeness (QED) is 0.793. The van der Waals surface area contributed by atoms with Gasteiger partial charge in [-0.05, 0) is 17.7 Å². The van der Waals surface area contributed by atoms with Crippen molar-refractivity contribution >= 4 is 18.0 Å². The van der Waals surface area contributed by atoms with Gasteiger partial charge in [0.1, 0.15) is 19.0 Å². The number of benzene rings is 1. The van der Waals surface area contributed by atoms with Crippen molar-refractivity contribution < 1.29 is 24.2 Å². The Morgan fingerprint density at radius 1 is 1.13 bits per heavy atom. The zero-order valence-corrected chi connectivity index (χ0v) is 16.5. The van der Waals surface area contributed by atoms with Crippen molar-refractivity contribution in [3.63, 3.8) is 0 Å². The Morgan fingerprint density at radius 2 is 1.90 bits per heavy atom. The molecule has 0 aliphatic carbocycles. The topological polar surface area (TPSA) is 104 Å². The number of rotatable bonds is 4. The second kappa shape index (κ2) is 8.89. The first kappa shape index (κ1) is 19.8. The molecule has 3 heterocycles. The van der Waals surface area contributed by atoms with Crippen LogP contribution in [0.25, 0.3) is 0 Å². The van der Waals surface area contributed by atoms with Gasteiger partial charge in [0.05, 0.1) is 6.04 Å². The number of carboxylic acid groups (broad SMARTS) is 1. The summed E-state index contributed by atoms with van der Waals surface area (Å²) in [5.41, 5.74) is 1.85. The number of hydrogen-bond acceptors (Lipinski definition) is 6. The van der Waals surface area contributed by atoms with Crippen molar-refractivity contribution in [1.29, 1.82) is 0 Å². The molecule has 2 aromatic rings. The minimum Gasteiger partial charge on any atom is -0.475 e. The summed E-state index contributed by atoms with van der Waals surface area (Å²) in [5.74, 6) is 1.33. The molecular formula is C21H24N4O5. The highest BCUT2D eigenvalue weighted by molar-refractivity contribution is 5.68. The number of piperazine rings is 1. The molecule has 1 fully saturated rings. The standard InChI is InChI=1S/C21H24N4O5/c26-20(30-13-15-4-2-1-3-5-15)22-17-12-16-6-7-18(23-19(16)29-14-17)24-8-10-25(11-9-24)21(27)28/h1-7,17H,8-14H2,(H,22,26)(H,27,28). The number of anilines is 1. The first-order valence-electron chi connectivity index (χ1n) is 9.91. The van der Waals surface area contributed by atoms with Crippen LogP contribution in [-0.2, 0) is 17.8 Å². The van der Waals surface area contributed by atoms with Gasteiger partial charge in [0.2, 0.25) is 5.88 Å². The second-order valence-corrected chi connectivity index (χ2v) is 7.31. The third kappa shape index (κ3) is 4.73. The highest BCUT2D eigenvalue weighted by atomic mass is 16.5. The highest BCUT2D eigenvalue weighted by Gasteiger charge is 2.26. The second-order valence-electron chi connectivity index (χ2n) is 7.31. The molecule has 0 spiro atoms. The van der Waals surface area contributed by atoms with Crippen molar-refractivity contribution in [1.82, 2.24) is 15.2 Å². The number of ether oxygens (including phenoxy) is 2. The van der Waals surface area contributed by atoms with Gasteiger partial charge in [-0.15, -0.1) is 0 Å². The molecular weight excluding hydrogens is 388 g/mol. The van der Waals surface area contributed by atoms with E-state index in [-0.39, 0.29) is 12.6 Å². The number of fused-ring (bicyclic) bond motifs is 1. The molecule has 2 amide bonds. The Morgan fingerprint density at radius 3 is 2.63 bits per heavy atom. The molecule has 0 saturated carbocycles. The van der Waals surface area contributed by atoms with E-state index in [1.54, 1.807) is 0 Å². The van der Waals surface area contributed by atoms with Crippen LogP contribution in [0, 0.1) is 0 Å². The fraction of sp³-hybridized carbons (Fsp3) is 0.381. The SMILES string of the molecule is O=C(NC1COc2nc(N3CCN(C(=O)O)CC3)ccc2C1)OCc1ccccc1. The molecule has 2 aliphatic rings. The third-order valence-corrected chi connectivity index (χ3v) is 5.22. The number of pyridine rings is 1. The highest BCUT2D eigenvalue weighted by Crippen LogP contribution is 2.26. The Kier molecular flexibility index (Phi) is 5.87. The number of alkyl carbamates (subject to hydrolysis) is 1. The molecule has 0 radical (unpaired) electrons. The van der Waals surface area contributed by atoms with Gasteiger partial charge >= 0.3 is 12.2 Å². The van der Waals surface area contributed by atoms with Crippen LogP contribution in [0.3, 0.4) is 0 Å². The predicted octanol–water partition coefficient (Wildman–Crippen LogP) is 2.11. The molecule has 158 valence electrons. The summed E-state index contributed by atoms with van der Waals surface area (Å²) < 4.78 is 11.0. The van der Waals surface area contributed by atoms with Crippen LogP contribution in [0.15, 0.2) is 42.5 Å². The minimum absolute atomic E-state index is 0.187. The monoisotopic (exact) mass is 412 g/mol. The van der Waals surface area contributed by atoms with E-state index in [1.807, 2.05) is 47.4 Å². The van der Waals surface area contributed by atoms with E-state index in [0.29, 0.717) is 45.1 Å². The molecule has 1 atom stereocenters. The fourth-order valence-corrected chi connectivity index (χ4v) is 3.57. The minimum atomic E-state index is -0.891. The lowest BCUT2D eigenvalue weighted by atomic mass is 10.1. The Hall–Kier alpha value is -3.49. The van der Waals surface area contributed by atoms with Gasteiger partial charge in [-0.2, -0.15) is 4.98 Å². The van der Waals surface area contributed by atoms with E-state index in [1.165, 1.54) is 4.90 Å². The van der Waals surface area contributed by atoms with Crippen molar-refractivity contribution in [3.05, 3.63) is 53.6 Å². The number of carbonyl (C=O) groups is 2. The first-order chi connectivity index (χ1) is 14.6. The first-order valence-corrected chi connectivity index (χ1v) is 9.91. The number of nitrogens with zero attached hydrogens (tertiary/aromatic N) is 3. The maximum Gasteiger partial charge on any atom is 0.407 e. The van der Waals surface area contributed by atoms with Crippen molar-refractivity contribution in [2.24, 2.45) is 0 Å². The van der Waals surface area contributed by atoms with E-state index < -0.39 is 12.2 Å². The van der Waals surface area contributed by atoms with E-state index in [4.69, 9.17) is 14.6 Å². The number of amides is 2. The molecule has 1 saturated heterocycles. The zero-order valence-electron chi connectivity index (χ0n) is 16.5. The number of carbonyl (C=O) groups excluding carboxylic acids is 1. The molecule has 9 heteroatoms. The predicted molar refractivity (Wildman–Crippen MR) is 109 cm³/mol. The van der Waals surface area contributed by atoms with Gasteiger partial charge in [0.15, 0.2) is 0 Å². The fourth-order valence-electron chi connectivity index (χ4n) is 3.57. The molecule has 1 aromatic heterocycles. The Bertz CT molecular complexity index is 900. The van der Waals surface area contributed by atoms with Gasteiger partial charge in [-0.1, -0.05) is 30.3 Å². The molecule has 1 aromatic carbocycles. The van der Waals surface area contributed by atoms with Crippen LogP contribution in [-0.4, -0.2) is 66.0 Å². The lowest BCUT2D eigenvalue weighted by molar-refractivity contribution is 0.128. The van der Waals surface area contributed by atoms with E-state index in [0.717, 1.165) is 16.9 Å². The van der Waals surface area contributed by atoms with Gasteiger partial charge in [-0.3, -0.25) is 0 Å². The van der Waals surface area contributed by atoms with Crippen LogP contribution in [0.2, 0.25) is 0 Å². The maximum absolute atomic E-state index is 12.1. The maximum atomic E-state index is 12.1.